The molecule has 86 valence electrons. The minimum absolute atomic E-state index is 0.155. The van der Waals surface area contributed by atoms with Crippen LogP contribution < -0.4 is 5.32 Å². The predicted octanol–water partition coefficient (Wildman–Crippen LogP) is 3.66. The van der Waals surface area contributed by atoms with Crippen molar-refractivity contribution in [3.05, 3.63) is 35.2 Å². The Labute approximate surface area is 106 Å². The predicted molar refractivity (Wildman–Crippen MR) is 76.7 cm³/mol. The van der Waals surface area contributed by atoms with Gasteiger partial charge in [0.25, 0.3) is 0 Å². The van der Waals surface area contributed by atoms with Crippen molar-refractivity contribution >= 4 is 34.1 Å². The molecule has 1 nitrogen and oxygen atoms in total. The molecule has 0 fully saturated rings. The van der Waals surface area contributed by atoms with E-state index < -0.39 is 0 Å². The van der Waals surface area contributed by atoms with Crippen LogP contribution >= 0.6 is 24.0 Å². The number of hydrogen-bond acceptors (Lipinski definition) is 3. The number of rotatable bonds is 4. The van der Waals surface area contributed by atoms with Gasteiger partial charge in [0.2, 0.25) is 0 Å². The van der Waals surface area contributed by atoms with Crippen molar-refractivity contribution in [2.45, 2.75) is 19.3 Å². The van der Waals surface area contributed by atoms with Crippen LogP contribution in [0.15, 0.2) is 29.6 Å². The van der Waals surface area contributed by atoms with E-state index in [-0.39, 0.29) is 5.41 Å². The van der Waals surface area contributed by atoms with Crippen molar-refractivity contribution in [2.24, 2.45) is 0 Å². The SMILES string of the molecule is CC(C)(CNCS)c1csc2ccccc12. The van der Waals surface area contributed by atoms with Gasteiger partial charge >= 0.3 is 0 Å². The Morgan fingerprint density at radius 3 is 2.81 bits per heavy atom. The summed E-state index contributed by atoms with van der Waals surface area (Å²) in [7, 11) is 0. The van der Waals surface area contributed by atoms with E-state index in [1.54, 1.807) is 0 Å². The first kappa shape index (κ1) is 12.0. The molecular formula is C13H17NS2. The third kappa shape index (κ3) is 2.26. The van der Waals surface area contributed by atoms with Crippen LogP contribution in [0.5, 0.6) is 0 Å². The smallest absolute Gasteiger partial charge is 0.0387 e. The number of thiophene rings is 1. The fraction of sp³-hybridized carbons (Fsp3) is 0.385. The van der Waals surface area contributed by atoms with Crippen LogP contribution in [0.4, 0.5) is 0 Å². The lowest BCUT2D eigenvalue weighted by molar-refractivity contribution is 0.495. The second-order valence-corrected chi connectivity index (χ2v) is 5.84. The minimum Gasteiger partial charge on any atom is -0.307 e. The summed E-state index contributed by atoms with van der Waals surface area (Å²) in [6, 6.07) is 8.61. The monoisotopic (exact) mass is 251 g/mol. The molecule has 0 unspecified atom stereocenters. The fourth-order valence-corrected chi connectivity index (χ4v) is 3.23. The third-order valence-corrected chi connectivity index (χ3v) is 4.08. The molecule has 1 heterocycles. The number of thiol groups is 1. The summed E-state index contributed by atoms with van der Waals surface area (Å²) in [6.07, 6.45) is 0. The topological polar surface area (TPSA) is 12.0 Å². The molecule has 0 aliphatic heterocycles. The van der Waals surface area contributed by atoms with E-state index in [1.807, 2.05) is 11.3 Å². The average molecular weight is 251 g/mol. The molecule has 1 aromatic heterocycles. The molecule has 1 aromatic carbocycles. The van der Waals surface area contributed by atoms with Gasteiger partial charge in [0.15, 0.2) is 0 Å². The van der Waals surface area contributed by atoms with Gasteiger partial charge in [0, 0.05) is 22.5 Å². The maximum atomic E-state index is 4.19. The Hall–Kier alpha value is -0.510. The van der Waals surface area contributed by atoms with Crippen LogP contribution in [0.1, 0.15) is 19.4 Å². The van der Waals surface area contributed by atoms with Crippen molar-refractivity contribution < 1.29 is 0 Å². The molecule has 0 spiro atoms. The third-order valence-electron chi connectivity index (χ3n) is 2.89. The van der Waals surface area contributed by atoms with E-state index in [0.717, 1.165) is 12.4 Å². The highest BCUT2D eigenvalue weighted by molar-refractivity contribution is 7.80. The van der Waals surface area contributed by atoms with E-state index in [0.29, 0.717) is 0 Å². The molecule has 0 aliphatic carbocycles. The van der Waals surface area contributed by atoms with Gasteiger partial charge in [-0.25, -0.2) is 0 Å². The van der Waals surface area contributed by atoms with Crippen LogP contribution in [0, 0.1) is 0 Å². The largest absolute Gasteiger partial charge is 0.307 e. The van der Waals surface area contributed by atoms with Crippen molar-refractivity contribution in [3.63, 3.8) is 0 Å². The molecule has 0 radical (unpaired) electrons. The van der Waals surface area contributed by atoms with Crippen molar-refractivity contribution in [1.29, 1.82) is 0 Å². The average Bonchev–Trinajstić information content (AvgIpc) is 2.71. The van der Waals surface area contributed by atoms with Gasteiger partial charge in [-0.3, -0.25) is 0 Å². The Kier molecular flexibility index (Phi) is 3.57. The summed E-state index contributed by atoms with van der Waals surface area (Å²) >= 11 is 6.02. The summed E-state index contributed by atoms with van der Waals surface area (Å²) < 4.78 is 1.37. The molecule has 0 aliphatic rings. The fourth-order valence-electron chi connectivity index (χ4n) is 1.97. The zero-order chi connectivity index (χ0) is 11.6. The van der Waals surface area contributed by atoms with Gasteiger partial charge in [-0.1, -0.05) is 32.0 Å². The summed E-state index contributed by atoms with van der Waals surface area (Å²) in [4.78, 5) is 0. The van der Waals surface area contributed by atoms with Crippen molar-refractivity contribution in [1.82, 2.24) is 5.32 Å². The Morgan fingerprint density at radius 1 is 1.31 bits per heavy atom. The Bertz CT molecular complexity index is 473. The lowest BCUT2D eigenvalue weighted by Gasteiger charge is -2.24. The minimum atomic E-state index is 0.155. The zero-order valence-corrected chi connectivity index (χ0v) is 11.4. The van der Waals surface area contributed by atoms with Crippen LogP contribution in [0.2, 0.25) is 0 Å². The van der Waals surface area contributed by atoms with Crippen LogP contribution in [0.25, 0.3) is 10.1 Å². The molecule has 0 saturated carbocycles. The van der Waals surface area contributed by atoms with E-state index >= 15 is 0 Å². The molecule has 0 atom stereocenters. The maximum absolute atomic E-state index is 4.19. The molecule has 2 rings (SSSR count). The second kappa shape index (κ2) is 4.78. The first-order valence-electron chi connectivity index (χ1n) is 5.43. The first-order chi connectivity index (χ1) is 7.65. The molecule has 3 heteroatoms. The van der Waals surface area contributed by atoms with Gasteiger partial charge < -0.3 is 5.32 Å². The summed E-state index contributed by atoms with van der Waals surface area (Å²) in [5, 5.41) is 6.98. The van der Waals surface area contributed by atoms with E-state index in [4.69, 9.17) is 0 Å². The maximum Gasteiger partial charge on any atom is 0.0387 e. The van der Waals surface area contributed by atoms with Crippen molar-refractivity contribution in [2.75, 3.05) is 12.4 Å². The highest BCUT2D eigenvalue weighted by Gasteiger charge is 2.23. The van der Waals surface area contributed by atoms with Crippen LogP contribution in [-0.4, -0.2) is 12.4 Å². The highest BCUT2D eigenvalue weighted by atomic mass is 32.1. The van der Waals surface area contributed by atoms with Gasteiger partial charge in [0.1, 0.15) is 0 Å². The summed E-state index contributed by atoms with van der Waals surface area (Å²) in [5.41, 5.74) is 1.59. The molecule has 0 amide bonds. The Morgan fingerprint density at radius 2 is 2.06 bits per heavy atom. The quantitative estimate of drug-likeness (QED) is 0.624. The van der Waals surface area contributed by atoms with Gasteiger partial charge in [-0.15, -0.1) is 11.3 Å². The van der Waals surface area contributed by atoms with Gasteiger partial charge in [-0.05, 0) is 22.4 Å². The second-order valence-electron chi connectivity index (χ2n) is 4.61. The van der Waals surface area contributed by atoms with E-state index in [9.17, 15) is 0 Å². The molecule has 2 aromatic rings. The normalized spacial score (nSPS) is 12.2. The highest BCUT2D eigenvalue weighted by Crippen LogP contribution is 2.34. The summed E-state index contributed by atoms with van der Waals surface area (Å²) in [5.74, 6) is 0.728. The van der Waals surface area contributed by atoms with Crippen LogP contribution in [-0.2, 0) is 5.41 Å². The molecule has 0 bridgehead atoms. The standard InChI is InChI=1S/C13H17NS2/c1-13(2,8-14-9-15)11-7-16-12-6-4-3-5-10(11)12/h3-7,14-15H,8-9H2,1-2H3. The zero-order valence-electron chi connectivity index (χ0n) is 9.66. The number of hydrogen-bond donors (Lipinski definition) is 2. The van der Waals surface area contributed by atoms with Gasteiger partial charge in [-0.2, -0.15) is 12.6 Å². The van der Waals surface area contributed by atoms with Gasteiger partial charge in [0.05, 0.1) is 0 Å². The Balaban J connectivity index is 2.38. The molecule has 1 N–H and O–H groups in total. The van der Waals surface area contributed by atoms with Crippen molar-refractivity contribution in [3.8, 4) is 0 Å². The molecule has 0 saturated heterocycles. The number of benzene rings is 1. The number of fused-ring (bicyclic) bond motifs is 1. The summed E-state index contributed by atoms with van der Waals surface area (Å²) in [6.45, 7) is 5.51. The number of nitrogens with one attached hydrogen (secondary N) is 1. The van der Waals surface area contributed by atoms with E-state index in [1.165, 1.54) is 15.6 Å². The first-order valence-corrected chi connectivity index (χ1v) is 6.94. The lowest BCUT2D eigenvalue weighted by Crippen LogP contribution is -2.32. The lowest BCUT2D eigenvalue weighted by atomic mass is 9.84. The molecular weight excluding hydrogens is 234 g/mol. The van der Waals surface area contributed by atoms with Crippen LogP contribution in [0.3, 0.4) is 0 Å². The van der Waals surface area contributed by atoms with E-state index in [2.05, 4.69) is 61.4 Å². The molecule has 16 heavy (non-hydrogen) atoms.